The molecule has 2 bridgehead atoms. The van der Waals surface area contributed by atoms with Crippen molar-refractivity contribution in [2.75, 3.05) is 13.7 Å². The lowest BCUT2D eigenvalue weighted by Crippen LogP contribution is -2.57. The van der Waals surface area contributed by atoms with Gasteiger partial charge in [-0.1, -0.05) is 30.3 Å². The molecule has 5 aromatic rings. The van der Waals surface area contributed by atoms with Crippen LogP contribution in [0.15, 0.2) is 66.7 Å². The van der Waals surface area contributed by atoms with E-state index in [0.29, 0.717) is 46.8 Å². The highest BCUT2D eigenvalue weighted by atomic mass is 16.6. The Labute approximate surface area is 306 Å². The van der Waals surface area contributed by atoms with Crippen molar-refractivity contribution in [3.05, 3.63) is 83.4 Å². The highest BCUT2D eigenvalue weighted by molar-refractivity contribution is 6.21. The van der Waals surface area contributed by atoms with Gasteiger partial charge in [0, 0.05) is 42.5 Å². The Hall–Kier alpha value is -5.65. The first-order chi connectivity index (χ1) is 25.4. The van der Waals surface area contributed by atoms with Crippen molar-refractivity contribution in [2.45, 2.75) is 70.3 Å². The van der Waals surface area contributed by atoms with Crippen molar-refractivity contribution >= 4 is 45.8 Å². The highest BCUT2D eigenvalue weighted by Gasteiger charge is 2.59. The number of fused-ring (bicyclic) bond motifs is 5. The quantitative estimate of drug-likeness (QED) is 0.205. The first-order valence-electron chi connectivity index (χ1n) is 18.3. The summed E-state index contributed by atoms with van der Waals surface area (Å²) in [5.41, 5.74) is 3.84. The monoisotopic (exact) mass is 714 g/mol. The van der Waals surface area contributed by atoms with Crippen molar-refractivity contribution in [3.63, 3.8) is 0 Å². The second-order valence-corrected chi connectivity index (χ2v) is 15.9. The molecule has 53 heavy (non-hydrogen) atoms. The van der Waals surface area contributed by atoms with Gasteiger partial charge in [0.25, 0.3) is 17.7 Å². The molecule has 3 aromatic carbocycles. The van der Waals surface area contributed by atoms with Crippen molar-refractivity contribution in [1.82, 2.24) is 29.2 Å². The molecule has 2 aliphatic heterocycles. The van der Waals surface area contributed by atoms with Gasteiger partial charge in [0.2, 0.25) is 0 Å². The molecule has 12 nitrogen and oxygen atoms in total. The molecule has 4 heterocycles. The summed E-state index contributed by atoms with van der Waals surface area (Å²) in [6.45, 7) is 6.60. The molecular formula is C41H42N6O6. The number of aromatic nitrogens is 3. The Kier molecular flexibility index (Phi) is 7.48. The normalized spacial score (nSPS) is 22.3. The zero-order chi connectivity index (χ0) is 36.9. The van der Waals surface area contributed by atoms with Crippen LogP contribution in [-0.4, -0.2) is 85.1 Å². The predicted molar refractivity (Wildman–Crippen MR) is 198 cm³/mol. The van der Waals surface area contributed by atoms with E-state index >= 15 is 0 Å². The highest BCUT2D eigenvalue weighted by Crippen LogP contribution is 2.45. The van der Waals surface area contributed by atoms with E-state index in [0.717, 1.165) is 34.5 Å². The first-order valence-corrected chi connectivity index (χ1v) is 18.3. The van der Waals surface area contributed by atoms with Gasteiger partial charge in [0.05, 0.1) is 47.6 Å². The van der Waals surface area contributed by atoms with Crippen LogP contribution in [0.4, 0.5) is 4.79 Å². The van der Waals surface area contributed by atoms with Gasteiger partial charge in [-0.15, -0.1) is 0 Å². The number of piperidine rings is 1. The van der Waals surface area contributed by atoms with Crippen LogP contribution in [0.3, 0.4) is 0 Å². The fraction of sp³-hybridized carbons (Fsp3) is 0.390. The second-order valence-electron chi connectivity index (χ2n) is 15.9. The van der Waals surface area contributed by atoms with Gasteiger partial charge < -0.3 is 28.8 Å². The van der Waals surface area contributed by atoms with Crippen LogP contribution in [0, 0.1) is 11.8 Å². The summed E-state index contributed by atoms with van der Waals surface area (Å²) in [6, 6.07) is 19.0. The molecule has 4 atom stereocenters. The number of para-hydroxylation sites is 1. The predicted octanol–water partition coefficient (Wildman–Crippen LogP) is 6.02. The van der Waals surface area contributed by atoms with E-state index < -0.39 is 41.6 Å². The number of ether oxygens (including phenoxy) is 2. The molecule has 1 saturated heterocycles. The molecule has 0 spiro atoms. The Morgan fingerprint density at radius 2 is 1.66 bits per heavy atom. The summed E-state index contributed by atoms with van der Waals surface area (Å²) in [6.07, 6.45) is 2.27. The number of carbonyl (C=O) groups is 4. The molecule has 272 valence electrons. The Bertz CT molecular complexity index is 2330. The lowest BCUT2D eigenvalue weighted by atomic mass is 10.0. The molecular weight excluding hydrogens is 672 g/mol. The van der Waals surface area contributed by atoms with Crippen molar-refractivity contribution < 1.29 is 28.7 Å². The smallest absolute Gasteiger partial charge is 0.407 e. The molecule has 9 rings (SSSR count). The summed E-state index contributed by atoms with van der Waals surface area (Å²) >= 11 is 0. The number of likely N-dealkylation sites (tertiary alicyclic amines) is 1. The lowest BCUT2D eigenvalue weighted by molar-refractivity contribution is 0.0380. The minimum atomic E-state index is -0.737. The second kappa shape index (κ2) is 11.9. The van der Waals surface area contributed by atoms with Gasteiger partial charge in [-0.2, -0.15) is 0 Å². The average molecular weight is 715 g/mol. The van der Waals surface area contributed by atoms with Crippen LogP contribution in [0.1, 0.15) is 71.1 Å². The van der Waals surface area contributed by atoms with E-state index in [1.807, 2.05) is 17.7 Å². The summed E-state index contributed by atoms with van der Waals surface area (Å²) < 4.78 is 15.9. The fourth-order valence-electron chi connectivity index (χ4n) is 8.85. The maximum atomic E-state index is 14.7. The van der Waals surface area contributed by atoms with E-state index in [9.17, 15) is 19.2 Å². The molecule has 12 heteroatoms. The van der Waals surface area contributed by atoms with Gasteiger partial charge in [-0.3, -0.25) is 19.3 Å². The van der Waals surface area contributed by atoms with E-state index in [1.54, 1.807) is 69.2 Å². The number of benzene rings is 3. The molecule has 2 aliphatic carbocycles. The Balaban J connectivity index is 1.09. The Morgan fingerprint density at radius 3 is 2.34 bits per heavy atom. The molecule has 1 N–H and O–H groups in total. The summed E-state index contributed by atoms with van der Waals surface area (Å²) in [4.78, 5) is 63.4. The van der Waals surface area contributed by atoms with E-state index in [1.165, 1.54) is 17.7 Å². The zero-order valence-electron chi connectivity index (χ0n) is 30.5. The lowest BCUT2D eigenvalue weighted by Gasteiger charge is -2.37. The number of methoxy groups -OCH3 is 1. The molecule has 3 fully saturated rings. The van der Waals surface area contributed by atoms with E-state index in [-0.39, 0.29) is 11.8 Å². The van der Waals surface area contributed by atoms with Crippen molar-refractivity contribution in [2.24, 2.45) is 18.9 Å². The SMILES string of the molecule is COc1cc(C(=O)N2C[C@H]3C[C@H](N4C(=O)c5ccccc5C4=O)[C@@H]2[C@@H]3NC(=O)OC(C)(C)C)cc2nc(-c3cc4ccccc4n3CC3CC3)n(C)c12. The summed E-state index contributed by atoms with van der Waals surface area (Å²) in [7, 11) is 3.55. The van der Waals surface area contributed by atoms with Gasteiger partial charge in [-0.25, -0.2) is 9.78 Å². The number of hydrogen-bond acceptors (Lipinski definition) is 7. The van der Waals surface area contributed by atoms with Gasteiger partial charge in [0.1, 0.15) is 16.9 Å². The largest absolute Gasteiger partial charge is 0.494 e. The van der Waals surface area contributed by atoms with Gasteiger partial charge in [0.15, 0.2) is 5.82 Å². The molecule has 4 amide bonds. The number of carbonyl (C=O) groups excluding carboxylic acids is 4. The maximum Gasteiger partial charge on any atom is 0.407 e. The number of imidazole rings is 1. The van der Waals surface area contributed by atoms with Crippen LogP contribution in [0.5, 0.6) is 5.75 Å². The number of nitrogens with zero attached hydrogens (tertiary/aromatic N) is 5. The van der Waals surface area contributed by atoms with Crippen LogP contribution in [-0.2, 0) is 18.3 Å². The van der Waals surface area contributed by atoms with Crippen LogP contribution in [0.2, 0.25) is 0 Å². The number of amides is 4. The molecule has 2 saturated carbocycles. The molecule has 2 aromatic heterocycles. The van der Waals surface area contributed by atoms with Crippen LogP contribution < -0.4 is 10.1 Å². The standard InChI is InChI=1S/C41H42N6O6/c1-41(2,3)53-40(51)43-33-25-18-30(47-38(49)26-11-7-8-12-27(26)39(47)50)35(33)46(21-25)37(48)24-16-28-34(32(19-24)52-5)44(4)36(42-28)31-17-23-10-6-9-13-29(23)45(31)20-22-14-15-22/h6-13,16-17,19,22,25,30,33,35H,14-15,18,20-21H2,1-5H3,(H,43,51)/t25-,30+,33-,35-/m1/s1. The first kappa shape index (κ1) is 33.2. The van der Waals surface area contributed by atoms with Crippen LogP contribution in [0.25, 0.3) is 33.5 Å². The average Bonchev–Trinajstić information content (AvgIpc) is 3.35. The topological polar surface area (TPSA) is 128 Å². The number of alkyl carbamates (subject to hydrolysis) is 1. The third-order valence-electron chi connectivity index (χ3n) is 11.3. The third kappa shape index (κ3) is 5.37. The number of rotatable bonds is 7. The third-order valence-corrected chi connectivity index (χ3v) is 11.3. The molecule has 0 unspecified atom stereocenters. The number of nitrogens with one attached hydrogen (secondary N) is 1. The maximum absolute atomic E-state index is 14.7. The number of hydrogen-bond donors (Lipinski definition) is 1. The van der Waals surface area contributed by atoms with E-state index in [2.05, 4.69) is 34.1 Å². The van der Waals surface area contributed by atoms with Gasteiger partial charge in [-0.05, 0) is 82.3 Å². The van der Waals surface area contributed by atoms with Crippen LogP contribution >= 0.6 is 0 Å². The van der Waals surface area contributed by atoms with Crippen molar-refractivity contribution in [1.29, 1.82) is 0 Å². The zero-order valence-corrected chi connectivity index (χ0v) is 30.5. The number of imide groups is 1. The number of aryl methyl sites for hydroxylation is 1. The molecule has 0 radical (unpaired) electrons. The van der Waals surface area contributed by atoms with Gasteiger partial charge >= 0.3 is 6.09 Å². The molecule has 4 aliphatic rings. The van der Waals surface area contributed by atoms with E-state index in [4.69, 9.17) is 14.5 Å². The summed E-state index contributed by atoms with van der Waals surface area (Å²) in [5, 5.41) is 4.15. The Morgan fingerprint density at radius 1 is 0.962 bits per heavy atom. The summed E-state index contributed by atoms with van der Waals surface area (Å²) in [5.74, 6) is 0.612. The fourth-order valence-corrected chi connectivity index (χ4v) is 8.85. The minimum Gasteiger partial charge on any atom is -0.494 e. The minimum absolute atomic E-state index is 0.216. The van der Waals surface area contributed by atoms with Crippen molar-refractivity contribution in [3.8, 4) is 17.3 Å².